The molecule has 0 heterocycles. The van der Waals surface area contributed by atoms with Crippen molar-refractivity contribution in [2.24, 2.45) is 0 Å². The van der Waals surface area contributed by atoms with Crippen LogP contribution < -0.4 is 0 Å². The molecule has 0 fully saturated rings. The van der Waals surface area contributed by atoms with E-state index >= 15 is 0 Å². The Kier molecular flexibility index (Phi) is 4.83. The van der Waals surface area contributed by atoms with E-state index in [4.69, 9.17) is 4.55 Å². The van der Waals surface area contributed by atoms with Gasteiger partial charge in [-0.15, -0.1) is 0 Å². The highest BCUT2D eigenvalue weighted by Crippen LogP contribution is 2.06. The van der Waals surface area contributed by atoms with Crippen molar-refractivity contribution in [2.45, 2.75) is 20.8 Å². The van der Waals surface area contributed by atoms with Gasteiger partial charge in [0.2, 0.25) is 6.73 Å². The van der Waals surface area contributed by atoms with Crippen LogP contribution in [-0.4, -0.2) is 43.8 Å². The highest BCUT2D eigenvalue weighted by atomic mass is 32.3. The third-order valence-corrected chi connectivity index (χ3v) is 2.89. The van der Waals surface area contributed by atoms with E-state index in [0.717, 1.165) is 19.6 Å². The van der Waals surface area contributed by atoms with Gasteiger partial charge >= 0.3 is 10.4 Å². The van der Waals surface area contributed by atoms with Crippen molar-refractivity contribution in [1.29, 1.82) is 0 Å². The van der Waals surface area contributed by atoms with Crippen LogP contribution in [0.15, 0.2) is 0 Å². The number of hydrogen-bond acceptors (Lipinski definition) is 3. The molecule has 0 aliphatic carbocycles. The second-order valence-corrected chi connectivity index (χ2v) is 4.06. The maximum atomic E-state index is 10.3. The Morgan fingerprint density at radius 3 is 1.77 bits per heavy atom. The fourth-order valence-corrected chi connectivity index (χ4v) is 1.48. The molecule has 0 spiro atoms. The fourth-order valence-electron chi connectivity index (χ4n) is 1.12. The van der Waals surface area contributed by atoms with Crippen LogP contribution in [0.4, 0.5) is 0 Å². The second-order valence-electron chi connectivity index (χ2n) is 2.97. The topological polar surface area (TPSA) is 63.6 Å². The molecule has 0 rings (SSSR count). The van der Waals surface area contributed by atoms with E-state index in [1.165, 1.54) is 0 Å². The van der Waals surface area contributed by atoms with Gasteiger partial charge in [0.15, 0.2) is 0 Å². The van der Waals surface area contributed by atoms with E-state index < -0.39 is 10.4 Å². The Balaban J connectivity index is 4.27. The Morgan fingerprint density at radius 2 is 1.54 bits per heavy atom. The zero-order valence-corrected chi connectivity index (χ0v) is 9.17. The maximum Gasteiger partial charge on any atom is 0.401 e. The van der Waals surface area contributed by atoms with Crippen LogP contribution in [0.5, 0.6) is 0 Å². The minimum absolute atomic E-state index is 0.00231. The summed E-state index contributed by atoms with van der Waals surface area (Å²) >= 11 is 0. The van der Waals surface area contributed by atoms with Crippen LogP contribution in [0.2, 0.25) is 0 Å². The standard InChI is InChI=1S/C7H17NO4S/c1-4-8(5-2,6-3)7-12-13(9,10)11/h4-7H2,1-3H3/p+1. The predicted octanol–water partition coefficient (Wildman–Crippen LogP) is 0.640. The maximum absolute atomic E-state index is 10.3. The predicted molar refractivity (Wildman–Crippen MR) is 49.4 cm³/mol. The summed E-state index contributed by atoms with van der Waals surface area (Å²) in [7, 11) is -4.30. The average molecular weight is 212 g/mol. The highest BCUT2D eigenvalue weighted by Gasteiger charge is 2.23. The van der Waals surface area contributed by atoms with Crippen LogP contribution in [0.25, 0.3) is 0 Å². The molecule has 0 bridgehead atoms. The number of nitrogens with zero attached hydrogens (tertiary/aromatic N) is 1. The molecule has 0 saturated carbocycles. The summed E-state index contributed by atoms with van der Waals surface area (Å²) in [6.07, 6.45) is 0. The van der Waals surface area contributed by atoms with E-state index in [0.29, 0.717) is 4.48 Å². The summed E-state index contributed by atoms with van der Waals surface area (Å²) in [5, 5.41) is 0. The summed E-state index contributed by atoms with van der Waals surface area (Å²) in [6.45, 7) is 8.22. The molecule has 0 aliphatic rings. The summed E-state index contributed by atoms with van der Waals surface area (Å²) in [4.78, 5) is 0. The summed E-state index contributed by atoms with van der Waals surface area (Å²) in [5.74, 6) is 0. The number of rotatable bonds is 6. The van der Waals surface area contributed by atoms with Crippen molar-refractivity contribution in [1.82, 2.24) is 0 Å². The van der Waals surface area contributed by atoms with Gasteiger partial charge < -0.3 is 4.48 Å². The molecule has 0 aliphatic heterocycles. The molecule has 0 unspecified atom stereocenters. The largest absolute Gasteiger partial charge is 0.401 e. The monoisotopic (exact) mass is 212 g/mol. The van der Waals surface area contributed by atoms with Crippen LogP contribution in [0.3, 0.4) is 0 Å². The Labute approximate surface area is 79.8 Å². The van der Waals surface area contributed by atoms with Crippen LogP contribution in [0, 0.1) is 0 Å². The van der Waals surface area contributed by atoms with Crippen molar-refractivity contribution in [3.05, 3.63) is 0 Å². The number of quaternary nitrogens is 1. The minimum atomic E-state index is -4.30. The van der Waals surface area contributed by atoms with Crippen molar-refractivity contribution in [2.75, 3.05) is 26.4 Å². The van der Waals surface area contributed by atoms with Gasteiger partial charge in [0.1, 0.15) is 0 Å². The van der Waals surface area contributed by atoms with Gasteiger partial charge in [0.25, 0.3) is 0 Å². The lowest BCUT2D eigenvalue weighted by Crippen LogP contribution is -2.49. The highest BCUT2D eigenvalue weighted by molar-refractivity contribution is 7.80. The molecular weight excluding hydrogens is 194 g/mol. The third-order valence-electron chi connectivity index (χ3n) is 2.49. The molecule has 0 aromatic heterocycles. The average Bonchev–Trinajstić information content (AvgIpc) is 2.06. The zero-order valence-electron chi connectivity index (χ0n) is 8.36. The van der Waals surface area contributed by atoms with Gasteiger partial charge in [0.05, 0.1) is 19.6 Å². The van der Waals surface area contributed by atoms with E-state index in [-0.39, 0.29) is 6.73 Å². The van der Waals surface area contributed by atoms with E-state index in [1.807, 2.05) is 20.8 Å². The molecule has 0 aromatic carbocycles. The molecule has 13 heavy (non-hydrogen) atoms. The lowest BCUT2D eigenvalue weighted by atomic mass is 10.4. The lowest BCUT2D eigenvalue weighted by Gasteiger charge is -2.34. The van der Waals surface area contributed by atoms with E-state index in [1.54, 1.807) is 0 Å². The Morgan fingerprint density at radius 1 is 1.15 bits per heavy atom. The lowest BCUT2D eigenvalue weighted by molar-refractivity contribution is -0.937. The second kappa shape index (κ2) is 4.90. The molecule has 0 radical (unpaired) electrons. The summed E-state index contributed by atoms with van der Waals surface area (Å²) in [5.41, 5.74) is 0. The smallest absolute Gasteiger partial charge is 0.301 e. The first kappa shape index (κ1) is 12.8. The van der Waals surface area contributed by atoms with Gasteiger partial charge in [-0.05, 0) is 20.8 Å². The van der Waals surface area contributed by atoms with Gasteiger partial charge in [-0.25, -0.2) is 0 Å². The molecule has 6 heteroatoms. The molecule has 0 aromatic rings. The zero-order chi connectivity index (χ0) is 10.5. The van der Waals surface area contributed by atoms with Gasteiger partial charge in [-0.2, -0.15) is 12.6 Å². The van der Waals surface area contributed by atoms with E-state index in [2.05, 4.69) is 4.18 Å². The van der Waals surface area contributed by atoms with Crippen molar-refractivity contribution >= 4 is 10.4 Å². The van der Waals surface area contributed by atoms with E-state index in [9.17, 15) is 8.42 Å². The molecular formula is C7H18NO4S+. The first-order valence-corrected chi connectivity index (χ1v) is 5.72. The molecule has 0 amide bonds. The fraction of sp³-hybridized carbons (Fsp3) is 1.00. The molecule has 0 saturated heterocycles. The van der Waals surface area contributed by atoms with Crippen LogP contribution in [0.1, 0.15) is 20.8 Å². The van der Waals surface area contributed by atoms with Crippen molar-refractivity contribution in [3.63, 3.8) is 0 Å². The minimum Gasteiger partial charge on any atom is -0.301 e. The van der Waals surface area contributed by atoms with Crippen molar-refractivity contribution < 1.29 is 21.6 Å². The summed E-state index contributed by atoms with van der Waals surface area (Å²) < 4.78 is 34.0. The molecule has 1 N–H and O–H groups in total. The van der Waals surface area contributed by atoms with Gasteiger partial charge in [-0.3, -0.25) is 4.55 Å². The Hall–Kier alpha value is -0.170. The molecule has 5 nitrogen and oxygen atoms in total. The molecule has 80 valence electrons. The first-order valence-electron chi connectivity index (χ1n) is 4.36. The van der Waals surface area contributed by atoms with Crippen LogP contribution in [-0.2, 0) is 14.6 Å². The Bertz CT molecular complexity index is 225. The van der Waals surface area contributed by atoms with Gasteiger partial charge in [0, 0.05) is 0 Å². The van der Waals surface area contributed by atoms with Crippen molar-refractivity contribution in [3.8, 4) is 0 Å². The molecule has 0 atom stereocenters. The normalized spacial score (nSPS) is 13.2. The quantitative estimate of drug-likeness (QED) is 0.399. The third kappa shape index (κ3) is 4.56. The number of hydrogen-bond donors (Lipinski definition) is 1. The SMILES string of the molecule is CC[N+](CC)(CC)COS(=O)(=O)O. The summed E-state index contributed by atoms with van der Waals surface area (Å²) in [6, 6.07) is 0. The van der Waals surface area contributed by atoms with Gasteiger partial charge in [-0.1, -0.05) is 0 Å². The first-order chi connectivity index (χ1) is 5.89. The van der Waals surface area contributed by atoms with Crippen LogP contribution >= 0.6 is 0 Å².